The van der Waals surface area contributed by atoms with Gasteiger partial charge >= 0.3 is 0 Å². The molecule has 10 heteroatoms. The fourth-order valence-corrected chi connectivity index (χ4v) is 11.8. The molecule has 0 saturated carbocycles. The third kappa shape index (κ3) is 5.23. The van der Waals surface area contributed by atoms with Crippen LogP contribution >= 0.6 is 0 Å². The predicted octanol–water partition coefficient (Wildman–Crippen LogP) is 15.0. The van der Waals surface area contributed by atoms with Crippen molar-refractivity contribution in [3.8, 4) is 57.9 Å². The summed E-state index contributed by atoms with van der Waals surface area (Å²) < 4.78 is 17.9. The van der Waals surface area contributed by atoms with E-state index in [1.165, 1.54) is 0 Å². The Morgan fingerprint density at radius 2 is 1.10 bits per heavy atom. The van der Waals surface area contributed by atoms with Gasteiger partial charge in [-0.15, -0.1) is 0 Å². The van der Waals surface area contributed by atoms with Gasteiger partial charge in [-0.05, 0) is 114 Å². The highest BCUT2D eigenvalue weighted by atomic mass is 16.5. The molecule has 72 heavy (non-hydrogen) atoms. The Bertz CT molecular complexity index is 4550. The van der Waals surface area contributed by atoms with Gasteiger partial charge in [-0.1, -0.05) is 66.7 Å². The molecule has 1 aliphatic carbocycles. The van der Waals surface area contributed by atoms with E-state index in [1.54, 1.807) is 12.1 Å². The molecule has 1 unspecified atom stereocenters. The van der Waals surface area contributed by atoms with Gasteiger partial charge in [0.15, 0.2) is 17.2 Å². The molecule has 0 saturated heterocycles. The first kappa shape index (κ1) is 39.5. The largest absolute Gasteiger partial charge is 0.457 e. The summed E-state index contributed by atoms with van der Waals surface area (Å²) in [5.41, 5.74) is 14.6. The third-order valence-electron chi connectivity index (χ3n) is 14.7. The zero-order chi connectivity index (χ0) is 47.8. The van der Waals surface area contributed by atoms with Gasteiger partial charge in [-0.3, -0.25) is 9.97 Å². The van der Waals surface area contributed by atoms with Gasteiger partial charge in [0.25, 0.3) is 0 Å². The molecule has 332 valence electrons. The number of pyridine rings is 2. The van der Waals surface area contributed by atoms with E-state index in [2.05, 4.69) is 104 Å². The standard InChI is InChI=1S/C62H32N8O2/c1-65-38-18-24-52-44(29-38)42-9-2-4-12-50(42)70(52)41-31-49-61(67-35-41)60-48(11-8-26-66-60)62(49)46-10-3-6-14-56(46)71-58-32-40(19-21-47(58)62)68-51-22-16-36(33-63)27-43(51)45-30-39(20-25-53(45)68)69-54-13-5-7-15-57(54)72-59-28-37(34-64)17-23-55(59)69/h2-32,35H. The maximum atomic E-state index is 10.2. The van der Waals surface area contributed by atoms with Crippen LogP contribution in [0.25, 0.3) is 71.2 Å². The molecule has 8 aromatic carbocycles. The fraction of sp³-hybridized carbons (Fsp3) is 0.0161. The second kappa shape index (κ2) is 14.5. The van der Waals surface area contributed by atoms with Crippen molar-refractivity contribution in [2.24, 2.45) is 0 Å². The summed E-state index contributed by atoms with van der Waals surface area (Å²) in [6.07, 6.45) is 3.77. The average Bonchev–Trinajstić information content (AvgIpc) is 4.05. The van der Waals surface area contributed by atoms with Gasteiger partial charge in [0.1, 0.15) is 11.5 Å². The number of fused-ring (bicyclic) bond motifs is 17. The van der Waals surface area contributed by atoms with Crippen LogP contribution in [0.5, 0.6) is 23.0 Å². The highest BCUT2D eigenvalue weighted by molar-refractivity contribution is 6.12. The Hall–Kier alpha value is -10.5. The zero-order valence-corrected chi connectivity index (χ0v) is 37.9. The van der Waals surface area contributed by atoms with Crippen molar-refractivity contribution in [1.29, 1.82) is 10.5 Å². The minimum Gasteiger partial charge on any atom is -0.457 e. The van der Waals surface area contributed by atoms with E-state index in [9.17, 15) is 10.5 Å². The van der Waals surface area contributed by atoms with Crippen molar-refractivity contribution < 1.29 is 9.47 Å². The number of aromatic nitrogens is 4. The molecule has 15 rings (SSSR count). The fourth-order valence-electron chi connectivity index (χ4n) is 11.8. The monoisotopic (exact) mass is 920 g/mol. The van der Waals surface area contributed by atoms with Crippen LogP contribution in [0, 0.1) is 29.2 Å². The molecular weight excluding hydrogens is 889 g/mol. The summed E-state index contributed by atoms with van der Waals surface area (Å²) in [4.78, 5) is 16.2. The molecule has 10 nitrogen and oxygen atoms in total. The molecule has 3 aliphatic rings. The van der Waals surface area contributed by atoms with Gasteiger partial charge < -0.3 is 23.5 Å². The maximum absolute atomic E-state index is 10.2. The molecule has 0 radical (unpaired) electrons. The van der Waals surface area contributed by atoms with Crippen LogP contribution in [0.15, 0.2) is 194 Å². The van der Waals surface area contributed by atoms with Crippen molar-refractivity contribution in [1.82, 2.24) is 19.1 Å². The summed E-state index contributed by atoms with van der Waals surface area (Å²) in [7, 11) is 0. The topological polar surface area (TPSA) is 109 Å². The summed E-state index contributed by atoms with van der Waals surface area (Å²) >= 11 is 0. The van der Waals surface area contributed by atoms with Gasteiger partial charge in [-0.25, -0.2) is 4.85 Å². The minimum atomic E-state index is -0.864. The molecule has 1 spiro atoms. The molecule has 4 aromatic heterocycles. The quantitative estimate of drug-likeness (QED) is 0.162. The van der Waals surface area contributed by atoms with Crippen molar-refractivity contribution in [3.05, 3.63) is 239 Å². The number of anilines is 3. The Labute approximate surface area is 411 Å². The van der Waals surface area contributed by atoms with Crippen LogP contribution in [0.4, 0.5) is 22.7 Å². The Morgan fingerprint density at radius 1 is 0.458 bits per heavy atom. The number of para-hydroxylation sites is 4. The predicted molar refractivity (Wildman–Crippen MR) is 279 cm³/mol. The van der Waals surface area contributed by atoms with Gasteiger partial charge in [-0.2, -0.15) is 10.5 Å². The highest BCUT2D eigenvalue weighted by Gasteiger charge is 2.52. The Balaban J connectivity index is 0.946. The first-order valence-electron chi connectivity index (χ1n) is 23.4. The van der Waals surface area contributed by atoms with Crippen molar-refractivity contribution >= 4 is 66.4 Å². The van der Waals surface area contributed by atoms with E-state index < -0.39 is 5.41 Å². The van der Waals surface area contributed by atoms with Crippen LogP contribution in [0.1, 0.15) is 33.4 Å². The second-order valence-corrected chi connectivity index (χ2v) is 18.3. The van der Waals surface area contributed by atoms with Crippen molar-refractivity contribution in [2.45, 2.75) is 5.41 Å². The second-order valence-electron chi connectivity index (χ2n) is 18.3. The molecule has 0 N–H and O–H groups in total. The normalized spacial score (nSPS) is 14.6. The van der Waals surface area contributed by atoms with Gasteiger partial charge in [0.2, 0.25) is 0 Å². The van der Waals surface area contributed by atoms with E-state index >= 15 is 0 Å². The lowest BCUT2D eigenvalue weighted by Crippen LogP contribution is -2.32. The maximum Gasteiger partial charge on any atom is 0.188 e. The van der Waals surface area contributed by atoms with Crippen molar-refractivity contribution in [3.63, 3.8) is 0 Å². The van der Waals surface area contributed by atoms with E-state index in [-0.39, 0.29) is 0 Å². The number of nitrogens with zero attached hydrogens (tertiary/aromatic N) is 8. The highest BCUT2D eigenvalue weighted by Crippen LogP contribution is 2.62. The zero-order valence-electron chi connectivity index (χ0n) is 37.9. The first-order valence-corrected chi connectivity index (χ1v) is 23.4. The van der Waals surface area contributed by atoms with Gasteiger partial charge in [0.05, 0.1) is 92.0 Å². The summed E-state index contributed by atoms with van der Waals surface area (Å²) in [6, 6.07) is 65.7. The minimum absolute atomic E-state index is 0.510. The molecule has 0 fully saturated rings. The summed E-state index contributed by atoms with van der Waals surface area (Å²) in [5.74, 6) is 2.70. The van der Waals surface area contributed by atoms with Crippen LogP contribution in [-0.2, 0) is 5.41 Å². The molecule has 6 heterocycles. The SMILES string of the molecule is [C-]#[N+]c1ccc2c(c1)c1ccccc1n2-c1cnc2c(c1)C1(c3ccccc3Oc3cc(-n4c5ccc(C#N)cc5c5cc(N6c7ccccc7Oc7cc(C#N)ccc76)ccc54)ccc31)c1cccnc1-2. The smallest absolute Gasteiger partial charge is 0.188 e. The summed E-state index contributed by atoms with van der Waals surface area (Å²) in [5, 5.41) is 23.9. The van der Waals surface area contributed by atoms with E-state index in [0.29, 0.717) is 34.1 Å². The van der Waals surface area contributed by atoms with Crippen LogP contribution in [0.3, 0.4) is 0 Å². The molecule has 0 bridgehead atoms. The Kier molecular flexibility index (Phi) is 7.97. The summed E-state index contributed by atoms with van der Waals surface area (Å²) in [6.45, 7) is 7.78. The number of hydrogen-bond donors (Lipinski definition) is 0. The van der Waals surface area contributed by atoms with E-state index in [1.807, 2.05) is 109 Å². The lowest BCUT2D eigenvalue weighted by molar-refractivity contribution is 0.436. The first-order chi connectivity index (χ1) is 35.5. The lowest BCUT2D eigenvalue weighted by Gasteiger charge is -2.39. The van der Waals surface area contributed by atoms with Crippen LogP contribution < -0.4 is 14.4 Å². The number of ether oxygens (including phenoxy) is 2. The molecule has 0 amide bonds. The lowest BCUT2D eigenvalue weighted by atomic mass is 9.66. The number of rotatable bonds is 3. The van der Waals surface area contributed by atoms with Gasteiger partial charge in [0, 0.05) is 62.6 Å². The molecular formula is C62H32N8O2. The molecule has 1 atom stereocenters. The molecule has 2 aliphatic heterocycles. The number of benzene rings is 8. The third-order valence-corrected chi connectivity index (χ3v) is 14.7. The Morgan fingerprint density at radius 3 is 1.97 bits per heavy atom. The van der Waals surface area contributed by atoms with Crippen LogP contribution in [-0.4, -0.2) is 19.1 Å². The molecule has 12 aromatic rings. The van der Waals surface area contributed by atoms with Crippen molar-refractivity contribution in [2.75, 3.05) is 4.90 Å². The number of hydrogen-bond acceptors (Lipinski definition) is 7. The van der Waals surface area contributed by atoms with Crippen LogP contribution in [0.2, 0.25) is 0 Å². The van der Waals surface area contributed by atoms with E-state index in [4.69, 9.17) is 26.0 Å². The average molecular weight is 921 g/mol. The van der Waals surface area contributed by atoms with E-state index in [0.717, 1.165) is 111 Å². The number of nitriles is 2.